The number of para-hydroxylation sites is 2. The summed E-state index contributed by atoms with van der Waals surface area (Å²) in [4.78, 5) is 21.1. The van der Waals surface area contributed by atoms with E-state index in [9.17, 15) is 4.79 Å². The Labute approximate surface area is 194 Å². The van der Waals surface area contributed by atoms with E-state index in [4.69, 9.17) is 9.72 Å². The highest BCUT2D eigenvalue weighted by Gasteiger charge is 2.11. The van der Waals surface area contributed by atoms with Crippen LogP contribution in [-0.2, 0) is 13.0 Å². The van der Waals surface area contributed by atoms with Crippen molar-refractivity contribution < 1.29 is 9.53 Å². The van der Waals surface area contributed by atoms with Crippen LogP contribution in [0.25, 0.3) is 11.0 Å². The van der Waals surface area contributed by atoms with Gasteiger partial charge in [-0.1, -0.05) is 18.2 Å². The minimum Gasteiger partial charge on any atom is -0.494 e. The van der Waals surface area contributed by atoms with Crippen molar-refractivity contribution in [2.75, 3.05) is 13.2 Å². The number of aryl methyl sites for hydroxylation is 4. The topological polar surface area (TPSA) is 69.0 Å². The summed E-state index contributed by atoms with van der Waals surface area (Å²) >= 11 is 0. The van der Waals surface area contributed by atoms with E-state index in [0.29, 0.717) is 18.7 Å². The first-order chi connectivity index (χ1) is 16.1. The first-order valence-corrected chi connectivity index (χ1v) is 11.4. The molecule has 0 spiro atoms. The van der Waals surface area contributed by atoms with E-state index in [0.717, 1.165) is 48.4 Å². The third kappa shape index (κ3) is 5.77. The second kappa shape index (κ2) is 10.8. The van der Waals surface area contributed by atoms with Crippen LogP contribution in [0.15, 0.2) is 67.0 Å². The molecule has 0 aliphatic rings. The van der Waals surface area contributed by atoms with Crippen molar-refractivity contribution in [1.82, 2.24) is 19.9 Å². The molecule has 0 radical (unpaired) electrons. The molecule has 1 N–H and O–H groups in total. The summed E-state index contributed by atoms with van der Waals surface area (Å²) in [6, 6.07) is 18.0. The molecule has 4 rings (SSSR count). The maximum absolute atomic E-state index is 12.2. The number of nitrogens with zero attached hydrogens (tertiary/aromatic N) is 3. The second-order valence-electron chi connectivity index (χ2n) is 8.22. The fourth-order valence-electron chi connectivity index (χ4n) is 3.83. The summed E-state index contributed by atoms with van der Waals surface area (Å²) in [6.45, 7) is 6.28. The summed E-state index contributed by atoms with van der Waals surface area (Å²) in [5.41, 5.74) is 5.23. The van der Waals surface area contributed by atoms with Gasteiger partial charge in [-0.25, -0.2) is 4.98 Å². The molecule has 0 saturated heterocycles. The zero-order valence-corrected chi connectivity index (χ0v) is 19.3. The van der Waals surface area contributed by atoms with Gasteiger partial charge in [-0.2, -0.15) is 0 Å². The third-order valence-corrected chi connectivity index (χ3v) is 5.79. The van der Waals surface area contributed by atoms with E-state index in [2.05, 4.69) is 46.9 Å². The Morgan fingerprint density at radius 1 is 1.03 bits per heavy atom. The van der Waals surface area contributed by atoms with Crippen LogP contribution in [0.4, 0.5) is 0 Å². The molecule has 0 unspecified atom stereocenters. The SMILES string of the molecule is Cc1ccc(OCCCn2c(CCCNC(=O)c3cccnc3)nc3ccccc32)cc1C. The quantitative estimate of drug-likeness (QED) is 0.356. The van der Waals surface area contributed by atoms with E-state index in [-0.39, 0.29) is 5.91 Å². The zero-order chi connectivity index (χ0) is 23.0. The predicted octanol–water partition coefficient (Wildman–Crippen LogP) is 4.88. The van der Waals surface area contributed by atoms with Crippen molar-refractivity contribution in [3.8, 4) is 5.75 Å². The van der Waals surface area contributed by atoms with E-state index in [1.54, 1.807) is 24.5 Å². The molecule has 4 aromatic rings. The van der Waals surface area contributed by atoms with Crippen molar-refractivity contribution in [1.29, 1.82) is 0 Å². The number of ether oxygens (including phenoxy) is 1. The lowest BCUT2D eigenvalue weighted by atomic mass is 10.1. The van der Waals surface area contributed by atoms with Gasteiger partial charge in [-0.3, -0.25) is 9.78 Å². The fraction of sp³-hybridized carbons (Fsp3) is 0.296. The monoisotopic (exact) mass is 442 g/mol. The average molecular weight is 443 g/mol. The Kier molecular flexibility index (Phi) is 7.35. The second-order valence-corrected chi connectivity index (χ2v) is 8.22. The zero-order valence-electron chi connectivity index (χ0n) is 19.3. The molecular weight excluding hydrogens is 412 g/mol. The van der Waals surface area contributed by atoms with E-state index >= 15 is 0 Å². The number of benzene rings is 2. The number of pyridine rings is 1. The van der Waals surface area contributed by atoms with Crippen LogP contribution < -0.4 is 10.1 Å². The lowest BCUT2D eigenvalue weighted by Gasteiger charge is -2.11. The van der Waals surface area contributed by atoms with Crippen LogP contribution in [0.3, 0.4) is 0 Å². The largest absolute Gasteiger partial charge is 0.494 e. The number of nitrogens with one attached hydrogen (secondary N) is 1. The van der Waals surface area contributed by atoms with Gasteiger partial charge >= 0.3 is 0 Å². The molecule has 0 bridgehead atoms. The van der Waals surface area contributed by atoms with Gasteiger partial charge in [-0.15, -0.1) is 0 Å². The highest BCUT2D eigenvalue weighted by Crippen LogP contribution is 2.19. The van der Waals surface area contributed by atoms with Gasteiger partial charge in [0.25, 0.3) is 5.91 Å². The first kappa shape index (κ1) is 22.5. The smallest absolute Gasteiger partial charge is 0.252 e. The minimum atomic E-state index is -0.0971. The highest BCUT2D eigenvalue weighted by atomic mass is 16.5. The maximum atomic E-state index is 12.2. The predicted molar refractivity (Wildman–Crippen MR) is 131 cm³/mol. The van der Waals surface area contributed by atoms with Crippen molar-refractivity contribution in [3.63, 3.8) is 0 Å². The minimum absolute atomic E-state index is 0.0971. The summed E-state index contributed by atoms with van der Waals surface area (Å²) in [6.07, 6.45) is 5.73. The Morgan fingerprint density at radius 3 is 2.73 bits per heavy atom. The molecule has 0 aliphatic carbocycles. The summed E-state index contributed by atoms with van der Waals surface area (Å²) in [7, 11) is 0. The third-order valence-electron chi connectivity index (χ3n) is 5.79. The molecule has 6 nitrogen and oxygen atoms in total. The highest BCUT2D eigenvalue weighted by molar-refractivity contribution is 5.93. The van der Waals surface area contributed by atoms with Crippen LogP contribution in [0.1, 0.15) is 40.2 Å². The molecule has 0 fully saturated rings. The van der Waals surface area contributed by atoms with E-state index < -0.39 is 0 Å². The number of hydrogen-bond acceptors (Lipinski definition) is 4. The molecule has 2 heterocycles. The number of rotatable bonds is 10. The van der Waals surface area contributed by atoms with Crippen molar-refractivity contribution >= 4 is 16.9 Å². The molecule has 33 heavy (non-hydrogen) atoms. The summed E-state index contributed by atoms with van der Waals surface area (Å²) < 4.78 is 8.25. The number of aromatic nitrogens is 3. The van der Waals surface area contributed by atoms with Crippen molar-refractivity contribution in [3.05, 3.63) is 89.5 Å². The lowest BCUT2D eigenvalue weighted by Crippen LogP contribution is -2.25. The summed E-state index contributed by atoms with van der Waals surface area (Å²) in [5, 5.41) is 2.97. The van der Waals surface area contributed by atoms with Gasteiger partial charge in [0.05, 0.1) is 23.2 Å². The Balaban J connectivity index is 1.33. The van der Waals surface area contributed by atoms with Gasteiger partial charge in [0.2, 0.25) is 0 Å². The number of amides is 1. The average Bonchev–Trinajstić information content (AvgIpc) is 3.19. The van der Waals surface area contributed by atoms with Gasteiger partial charge in [0.15, 0.2) is 0 Å². The van der Waals surface area contributed by atoms with Crippen LogP contribution >= 0.6 is 0 Å². The Bertz CT molecular complexity index is 1220. The molecular formula is C27H30N4O2. The number of imidazole rings is 1. The van der Waals surface area contributed by atoms with Gasteiger partial charge in [0, 0.05) is 31.9 Å². The van der Waals surface area contributed by atoms with Crippen LogP contribution in [0, 0.1) is 13.8 Å². The molecule has 1 amide bonds. The lowest BCUT2D eigenvalue weighted by molar-refractivity contribution is 0.0952. The first-order valence-electron chi connectivity index (χ1n) is 11.4. The van der Waals surface area contributed by atoms with E-state index in [1.165, 1.54) is 11.1 Å². The molecule has 0 atom stereocenters. The Hall–Kier alpha value is -3.67. The fourth-order valence-corrected chi connectivity index (χ4v) is 3.83. The van der Waals surface area contributed by atoms with Crippen LogP contribution in [-0.4, -0.2) is 33.6 Å². The van der Waals surface area contributed by atoms with Crippen molar-refractivity contribution in [2.45, 2.75) is 39.7 Å². The molecule has 2 aromatic carbocycles. The van der Waals surface area contributed by atoms with Gasteiger partial charge < -0.3 is 14.6 Å². The molecule has 0 aliphatic heterocycles. The molecule has 2 aromatic heterocycles. The van der Waals surface area contributed by atoms with Crippen LogP contribution in [0.5, 0.6) is 5.75 Å². The summed E-state index contributed by atoms with van der Waals surface area (Å²) in [5.74, 6) is 1.86. The van der Waals surface area contributed by atoms with E-state index in [1.807, 2.05) is 24.3 Å². The molecule has 6 heteroatoms. The standard InChI is InChI=1S/C27H30N4O2/c1-20-12-13-23(18-21(20)2)33-17-7-16-31-25-10-4-3-9-24(25)30-26(31)11-6-15-29-27(32)22-8-5-14-28-19-22/h3-5,8-10,12-14,18-19H,6-7,11,15-17H2,1-2H3,(H,29,32). The van der Waals surface area contributed by atoms with Gasteiger partial charge in [-0.05, 0) is 74.2 Å². The number of carbonyl (C=O) groups is 1. The van der Waals surface area contributed by atoms with Crippen LogP contribution in [0.2, 0.25) is 0 Å². The van der Waals surface area contributed by atoms with Crippen molar-refractivity contribution in [2.24, 2.45) is 0 Å². The number of hydrogen-bond donors (Lipinski definition) is 1. The maximum Gasteiger partial charge on any atom is 0.252 e. The van der Waals surface area contributed by atoms with Gasteiger partial charge in [0.1, 0.15) is 11.6 Å². The Morgan fingerprint density at radius 2 is 1.91 bits per heavy atom. The number of fused-ring (bicyclic) bond motifs is 1. The molecule has 0 saturated carbocycles. The normalized spacial score (nSPS) is 11.0. The number of carbonyl (C=O) groups excluding carboxylic acids is 1. The molecule has 170 valence electrons.